The molecule has 124 valence electrons. The fourth-order valence-corrected chi connectivity index (χ4v) is 2.23. The number of halogens is 4. The topological polar surface area (TPSA) is 46.5 Å². The monoisotopic (exact) mass is 450 g/mol. The average Bonchev–Trinajstić information content (AvgIpc) is 2.51. The molecule has 0 spiro atoms. The minimum atomic E-state index is -0.379. The van der Waals surface area contributed by atoms with Crippen LogP contribution in [0.3, 0.4) is 0 Å². The molecule has 0 atom stereocenters. The molecule has 0 saturated carbocycles. The zero-order valence-electron chi connectivity index (χ0n) is 12.2. The molecule has 2 aromatic carbocycles. The van der Waals surface area contributed by atoms with Crippen molar-refractivity contribution in [3.05, 3.63) is 68.1 Å². The number of aliphatic hydroxyl groups is 1. The minimum absolute atomic E-state index is 0.0909. The van der Waals surface area contributed by atoms with Crippen molar-refractivity contribution in [1.29, 1.82) is 0 Å². The highest BCUT2D eigenvalue weighted by Gasteiger charge is 2.03. The Morgan fingerprint density at radius 3 is 1.96 bits per heavy atom. The van der Waals surface area contributed by atoms with Crippen molar-refractivity contribution in [2.45, 2.75) is 20.1 Å². The summed E-state index contributed by atoms with van der Waals surface area (Å²) in [6.07, 6.45) is 0. The molecule has 0 aliphatic rings. The van der Waals surface area contributed by atoms with Gasteiger partial charge in [-0.1, -0.05) is 31.9 Å². The van der Waals surface area contributed by atoms with Crippen LogP contribution >= 0.6 is 31.9 Å². The molecule has 3 nitrogen and oxygen atoms in total. The molecule has 0 saturated heterocycles. The maximum atomic E-state index is 12.7. The first-order valence-corrected chi connectivity index (χ1v) is 8.04. The van der Waals surface area contributed by atoms with Crippen LogP contribution in [-0.4, -0.2) is 11.1 Å². The molecule has 23 heavy (non-hydrogen) atoms. The van der Waals surface area contributed by atoms with Crippen LogP contribution in [0.1, 0.15) is 18.1 Å². The standard InChI is InChI=1S/C9H8BrFO2.C7H6BrFO/c1-6(12)13-5-7-4-8(11)2-3-9(7)10;8-7-2-1-6(9)3-5(7)4-10/h2-4H,5H2,1H3;1-3,10H,4H2. The molecule has 0 heterocycles. The number of hydrogen-bond acceptors (Lipinski definition) is 3. The zero-order chi connectivity index (χ0) is 17.4. The van der Waals surface area contributed by atoms with Gasteiger partial charge in [0.05, 0.1) is 6.61 Å². The summed E-state index contributed by atoms with van der Waals surface area (Å²) in [6.45, 7) is 1.26. The summed E-state index contributed by atoms with van der Waals surface area (Å²) in [4.78, 5) is 10.5. The Morgan fingerprint density at radius 2 is 1.52 bits per heavy atom. The van der Waals surface area contributed by atoms with E-state index in [1.54, 1.807) is 12.1 Å². The predicted octanol–water partition coefficient (Wildman–Crippen LogP) is 4.73. The molecule has 2 aromatic rings. The van der Waals surface area contributed by atoms with E-state index in [0.717, 1.165) is 8.95 Å². The number of rotatable bonds is 3. The molecule has 0 bridgehead atoms. The molecule has 2 rings (SSSR count). The zero-order valence-corrected chi connectivity index (χ0v) is 15.3. The molecular weight excluding hydrogens is 438 g/mol. The number of hydrogen-bond donors (Lipinski definition) is 1. The molecule has 7 heteroatoms. The van der Waals surface area contributed by atoms with Crippen molar-refractivity contribution in [2.24, 2.45) is 0 Å². The van der Waals surface area contributed by atoms with Crippen LogP contribution in [0, 0.1) is 11.6 Å². The van der Waals surface area contributed by atoms with Gasteiger partial charge in [0.2, 0.25) is 0 Å². The molecule has 0 aliphatic carbocycles. The SMILES string of the molecule is CC(=O)OCc1cc(F)ccc1Br.OCc1cc(F)ccc1Br. The van der Waals surface area contributed by atoms with Gasteiger partial charge >= 0.3 is 5.97 Å². The van der Waals surface area contributed by atoms with Crippen LogP contribution < -0.4 is 0 Å². The predicted molar refractivity (Wildman–Crippen MR) is 89.6 cm³/mol. The Balaban J connectivity index is 0.000000238. The van der Waals surface area contributed by atoms with Gasteiger partial charge in [0.25, 0.3) is 0 Å². The number of carbonyl (C=O) groups is 1. The van der Waals surface area contributed by atoms with E-state index in [-0.39, 0.29) is 30.8 Å². The van der Waals surface area contributed by atoms with Crippen molar-refractivity contribution in [3.63, 3.8) is 0 Å². The first-order valence-electron chi connectivity index (χ1n) is 6.45. The van der Waals surface area contributed by atoms with E-state index in [1.165, 1.54) is 31.2 Å². The van der Waals surface area contributed by atoms with Gasteiger partial charge in [-0.25, -0.2) is 8.78 Å². The van der Waals surface area contributed by atoms with E-state index in [1.807, 2.05) is 0 Å². The van der Waals surface area contributed by atoms with Crippen molar-refractivity contribution in [3.8, 4) is 0 Å². The number of aliphatic hydroxyl groups excluding tert-OH is 1. The van der Waals surface area contributed by atoms with Crippen LogP contribution in [0.15, 0.2) is 45.3 Å². The minimum Gasteiger partial charge on any atom is -0.461 e. The Labute approximate surface area is 149 Å². The Morgan fingerprint density at radius 1 is 1.04 bits per heavy atom. The number of esters is 1. The van der Waals surface area contributed by atoms with Crippen molar-refractivity contribution in [2.75, 3.05) is 0 Å². The molecule has 0 radical (unpaired) electrons. The Bertz CT molecular complexity index is 678. The van der Waals surface area contributed by atoms with E-state index in [0.29, 0.717) is 11.1 Å². The highest BCUT2D eigenvalue weighted by molar-refractivity contribution is 9.10. The third-order valence-corrected chi connectivity index (χ3v) is 4.16. The van der Waals surface area contributed by atoms with E-state index in [9.17, 15) is 13.6 Å². The summed E-state index contributed by atoms with van der Waals surface area (Å²) < 4.78 is 31.3. The van der Waals surface area contributed by atoms with E-state index < -0.39 is 0 Å². The van der Waals surface area contributed by atoms with Crippen LogP contribution in [-0.2, 0) is 22.7 Å². The highest BCUT2D eigenvalue weighted by Crippen LogP contribution is 2.18. The second-order valence-electron chi connectivity index (χ2n) is 4.41. The van der Waals surface area contributed by atoms with E-state index >= 15 is 0 Å². The maximum absolute atomic E-state index is 12.7. The lowest BCUT2D eigenvalue weighted by atomic mass is 10.2. The molecule has 0 unspecified atom stereocenters. The molecule has 1 N–H and O–H groups in total. The molecule has 0 aromatic heterocycles. The Hall–Kier alpha value is -1.31. The second kappa shape index (κ2) is 9.75. The third-order valence-electron chi connectivity index (χ3n) is 2.62. The summed E-state index contributed by atoms with van der Waals surface area (Å²) in [6, 6.07) is 8.44. The fraction of sp³-hybridized carbons (Fsp3) is 0.188. The van der Waals surface area contributed by atoms with Crippen LogP contribution in [0.25, 0.3) is 0 Å². The quantitative estimate of drug-likeness (QED) is 0.686. The van der Waals surface area contributed by atoms with Gasteiger partial charge in [0.15, 0.2) is 0 Å². The van der Waals surface area contributed by atoms with Crippen molar-refractivity contribution in [1.82, 2.24) is 0 Å². The lowest BCUT2D eigenvalue weighted by Gasteiger charge is -2.04. The van der Waals surface area contributed by atoms with E-state index in [2.05, 4.69) is 31.9 Å². The average molecular weight is 452 g/mol. The van der Waals surface area contributed by atoms with Gasteiger partial charge in [-0.3, -0.25) is 4.79 Å². The second-order valence-corrected chi connectivity index (χ2v) is 6.12. The Kier molecular flexibility index (Phi) is 8.36. The largest absolute Gasteiger partial charge is 0.461 e. The summed E-state index contributed by atoms with van der Waals surface area (Å²) >= 11 is 6.39. The van der Waals surface area contributed by atoms with Crippen LogP contribution in [0.2, 0.25) is 0 Å². The van der Waals surface area contributed by atoms with Gasteiger partial charge in [-0.2, -0.15) is 0 Å². The smallest absolute Gasteiger partial charge is 0.302 e. The number of ether oxygens (including phenoxy) is 1. The summed E-state index contributed by atoms with van der Waals surface area (Å²) in [7, 11) is 0. The third kappa shape index (κ3) is 7.20. The van der Waals surface area contributed by atoms with E-state index in [4.69, 9.17) is 9.84 Å². The van der Waals surface area contributed by atoms with Crippen LogP contribution in [0.4, 0.5) is 8.78 Å². The lowest BCUT2D eigenvalue weighted by Crippen LogP contribution is -1.99. The normalized spacial score (nSPS) is 9.83. The summed E-state index contributed by atoms with van der Waals surface area (Å²) in [5.41, 5.74) is 1.19. The number of benzene rings is 2. The molecule has 0 amide bonds. The van der Waals surface area contributed by atoms with Gasteiger partial charge in [0.1, 0.15) is 18.2 Å². The molecule has 0 fully saturated rings. The van der Waals surface area contributed by atoms with Gasteiger partial charge in [-0.15, -0.1) is 0 Å². The molecular formula is C16H14Br2F2O3. The fourth-order valence-electron chi connectivity index (χ4n) is 1.50. The summed E-state index contributed by atoms with van der Waals surface area (Å²) in [5.74, 6) is -1.05. The molecule has 0 aliphatic heterocycles. The summed E-state index contributed by atoms with van der Waals surface area (Å²) in [5, 5.41) is 8.65. The first kappa shape index (κ1) is 19.7. The van der Waals surface area contributed by atoms with Crippen molar-refractivity contribution < 1.29 is 23.4 Å². The lowest BCUT2D eigenvalue weighted by molar-refractivity contribution is -0.142. The van der Waals surface area contributed by atoms with Crippen molar-refractivity contribution >= 4 is 37.8 Å². The maximum Gasteiger partial charge on any atom is 0.302 e. The van der Waals surface area contributed by atoms with Gasteiger partial charge in [-0.05, 0) is 42.0 Å². The highest BCUT2D eigenvalue weighted by atomic mass is 79.9. The van der Waals surface area contributed by atoms with Gasteiger partial charge in [0, 0.05) is 21.4 Å². The van der Waals surface area contributed by atoms with Crippen LogP contribution in [0.5, 0.6) is 0 Å². The number of carbonyl (C=O) groups excluding carboxylic acids is 1. The van der Waals surface area contributed by atoms with Gasteiger partial charge < -0.3 is 9.84 Å². The first-order chi connectivity index (χ1) is 10.8.